The molecule has 0 amide bonds. The minimum absolute atomic E-state index is 0.186. The van der Waals surface area contributed by atoms with Crippen molar-refractivity contribution in [2.75, 3.05) is 26.9 Å². The van der Waals surface area contributed by atoms with Gasteiger partial charge in [0.15, 0.2) is 30.7 Å². The van der Waals surface area contributed by atoms with Crippen molar-refractivity contribution in [3.8, 4) is 0 Å². The van der Waals surface area contributed by atoms with Gasteiger partial charge in [-0.1, -0.05) is 25.3 Å². The summed E-state index contributed by atoms with van der Waals surface area (Å²) in [6, 6.07) is 0. The first-order valence-corrected chi connectivity index (χ1v) is 9.73. The molecule has 0 aliphatic carbocycles. The van der Waals surface area contributed by atoms with Gasteiger partial charge >= 0.3 is 24.2 Å². The molecule has 33 heavy (non-hydrogen) atoms. The van der Waals surface area contributed by atoms with Crippen molar-refractivity contribution < 1.29 is 62.2 Å². The second-order valence-corrected chi connectivity index (χ2v) is 6.48. The van der Waals surface area contributed by atoms with E-state index in [4.69, 9.17) is 37.9 Å². The highest BCUT2D eigenvalue weighted by atomic mass is 16.8. The van der Waals surface area contributed by atoms with Gasteiger partial charge in [-0.3, -0.25) is 4.79 Å². The second kappa shape index (κ2) is 14.1. The third kappa shape index (κ3) is 8.71. The number of methoxy groups -OCH3 is 1. The summed E-state index contributed by atoms with van der Waals surface area (Å²) in [5.41, 5.74) is 0. The molecule has 1 N–H and O–H groups in total. The van der Waals surface area contributed by atoms with Crippen LogP contribution >= 0.6 is 0 Å². The Morgan fingerprint density at radius 3 is 1.97 bits per heavy atom. The van der Waals surface area contributed by atoms with Crippen molar-refractivity contribution in [2.45, 2.75) is 50.7 Å². The smallest absolute Gasteiger partial charge is 0.453 e. The molecular formula is C20H28O13. The van der Waals surface area contributed by atoms with Gasteiger partial charge in [-0.15, -0.1) is 0 Å². The van der Waals surface area contributed by atoms with E-state index in [0.717, 1.165) is 6.92 Å². The lowest BCUT2D eigenvalue weighted by Crippen LogP contribution is -2.63. The van der Waals surface area contributed by atoms with E-state index in [1.165, 1.54) is 26.2 Å². The molecular weight excluding hydrogens is 448 g/mol. The summed E-state index contributed by atoms with van der Waals surface area (Å²) >= 11 is 0. The number of aliphatic hydroxyl groups is 1. The van der Waals surface area contributed by atoms with Crippen LogP contribution in [0.15, 0.2) is 25.3 Å². The topological polar surface area (TPSA) is 162 Å². The minimum Gasteiger partial charge on any atom is -0.453 e. The van der Waals surface area contributed by atoms with E-state index in [1.54, 1.807) is 0 Å². The van der Waals surface area contributed by atoms with Crippen molar-refractivity contribution in [2.24, 2.45) is 0 Å². The molecule has 1 aliphatic heterocycles. The molecule has 0 saturated carbocycles. The molecule has 0 bridgehead atoms. The average Bonchev–Trinajstić information content (AvgIpc) is 2.77. The van der Waals surface area contributed by atoms with E-state index in [1.807, 2.05) is 0 Å². The van der Waals surface area contributed by atoms with Gasteiger partial charge in [-0.2, -0.15) is 0 Å². The number of esters is 2. The minimum atomic E-state index is -1.58. The molecule has 186 valence electrons. The quantitative estimate of drug-likeness (QED) is 0.251. The zero-order valence-corrected chi connectivity index (χ0v) is 18.5. The predicted molar refractivity (Wildman–Crippen MR) is 107 cm³/mol. The predicted octanol–water partition coefficient (Wildman–Crippen LogP) is 0.629. The van der Waals surface area contributed by atoms with Gasteiger partial charge in [0.25, 0.3) is 0 Å². The van der Waals surface area contributed by atoms with Crippen molar-refractivity contribution in [1.29, 1.82) is 0 Å². The van der Waals surface area contributed by atoms with E-state index in [2.05, 4.69) is 13.2 Å². The summed E-state index contributed by atoms with van der Waals surface area (Å²) in [6.45, 7) is 8.03. The number of hydrogen-bond donors (Lipinski definition) is 1. The number of rotatable bonds is 11. The van der Waals surface area contributed by atoms with Gasteiger partial charge < -0.3 is 43.0 Å². The molecule has 0 spiro atoms. The van der Waals surface area contributed by atoms with Gasteiger partial charge in [0, 0.05) is 14.0 Å². The molecule has 0 aromatic heterocycles. The van der Waals surface area contributed by atoms with Gasteiger partial charge in [0.2, 0.25) is 0 Å². The molecule has 0 aromatic rings. The molecule has 0 radical (unpaired) electrons. The third-order valence-electron chi connectivity index (χ3n) is 4.03. The number of carbonyl (C=O) groups excluding carboxylic acids is 4. The molecule has 1 heterocycles. The van der Waals surface area contributed by atoms with Crippen LogP contribution in [0.3, 0.4) is 0 Å². The average molecular weight is 476 g/mol. The lowest BCUT2D eigenvalue weighted by atomic mass is 9.98. The lowest BCUT2D eigenvalue weighted by Gasteiger charge is -2.43. The third-order valence-corrected chi connectivity index (χ3v) is 4.03. The molecule has 1 aliphatic rings. The van der Waals surface area contributed by atoms with Crippen LogP contribution in [-0.2, 0) is 47.5 Å². The number of aliphatic hydroxyl groups excluding tert-OH is 1. The van der Waals surface area contributed by atoms with E-state index in [9.17, 15) is 24.3 Å². The molecule has 13 nitrogen and oxygen atoms in total. The number of ether oxygens (including phenoxy) is 8. The van der Waals surface area contributed by atoms with Crippen molar-refractivity contribution in [3.63, 3.8) is 0 Å². The largest absolute Gasteiger partial charge is 0.509 e. The highest BCUT2D eigenvalue weighted by molar-refractivity contribution is 5.78. The summed E-state index contributed by atoms with van der Waals surface area (Å²) in [7, 11) is 1.20. The van der Waals surface area contributed by atoms with Crippen molar-refractivity contribution >= 4 is 24.2 Å². The fourth-order valence-corrected chi connectivity index (χ4v) is 2.69. The number of hydrogen-bond acceptors (Lipinski definition) is 13. The number of carbonyl (C=O) groups is 4. The Morgan fingerprint density at radius 1 is 0.970 bits per heavy atom. The van der Waals surface area contributed by atoms with Crippen molar-refractivity contribution in [1.82, 2.24) is 0 Å². The monoisotopic (exact) mass is 476 g/mol. The highest BCUT2D eigenvalue weighted by Gasteiger charge is 2.53. The summed E-state index contributed by atoms with van der Waals surface area (Å²) < 4.78 is 40.7. The van der Waals surface area contributed by atoms with Crippen molar-refractivity contribution in [3.05, 3.63) is 25.3 Å². The molecule has 1 fully saturated rings. The van der Waals surface area contributed by atoms with Crippen LogP contribution in [-0.4, -0.2) is 93.1 Å². The Hall–Kier alpha value is -3.16. The molecule has 13 heteroatoms. The summed E-state index contributed by atoms with van der Waals surface area (Å²) in [4.78, 5) is 47.8. The summed E-state index contributed by atoms with van der Waals surface area (Å²) in [5.74, 6) is -1.79. The maximum absolute atomic E-state index is 12.4. The van der Waals surface area contributed by atoms with Crippen LogP contribution in [0.5, 0.6) is 0 Å². The molecule has 6 atom stereocenters. The Balaban J connectivity index is 3.25. The van der Waals surface area contributed by atoms with Gasteiger partial charge in [0.05, 0.1) is 6.61 Å². The van der Waals surface area contributed by atoms with E-state index < -0.39 is 67.7 Å². The van der Waals surface area contributed by atoms with Gasteiger partial charge in [0.1, 0.15) is 19.3 Å². The molecule has 1 rings (SSSR count). The zero-order chi connectivity index (χ0) is 25.0. The first-order valence-electron chi connectivity index (χ1n) is 9.73. The first kappa shape index (κ1) is 27.9. The fourth-order valence-electron chi connectivity index (χ4n) is 2.69. The van der Waals surface area contributed by atoms with E-state index in [-0.39, 0.29) is 13.2 Å². The van der Waals surface area contributed by atoms with Crippen LogP contribution < -0.4 is 0 Å². The van der Waals surface area contributed by atoms with Crippen LogP contribution in [0, 0.1) is 0 Å². The lowest BCUT2D eigenvalue weighted by molar-refractivity contribution is -0.299. The van der Waals surface area contributed by atoms with E-state index in [0.29, 0.717) is 0 Å². The Bertz CT molecular complexity index is 706. The van der Waals surface area contributed by atoms with Crippen LogP contribution in [0.2, 0.25) is 0 Å². The normalized spacial score (nSPS) is 25.0. The van der Waals surface area contributed by atoms with Gasteiger partial charge in [-0.25, -0.2) is 14.4 Å². The summed E-state index contributed by atoms with van der Waals surface area (Å²) in [5, 5.41) is 9.76. The van der Waals surface area contributed by atoms with Crippen LogP contribution in [0.25, 0.3) is 0 Å². The van der Waals surface area contributed by atoms with Crippen LogP contribution in [0.1, 0.15) is 13.8 Å². The molecule has 1 saturated heterocycles. The first-order chi connectivity index (χ1) is 15.7. The second-order valence-electron chi connectivity index (χ2n) is 6.48. The maximum Gasteiger partial charge on any atom is 0.509 e. The van der Waals surface area contributed by atoms with Gasteiger partial charge in [-0.05, 0) is 6.92 Å². The van der Waals surface area contributed by atoms with Crippen LogP contribution in [0.4, 0.5) is 9.59 Å². The highest BCUT2D eigenvalue weighted by Crippen LogP contribution is 2.30. The fraction of sp³-hybridized carbons (Fsp3) is 0.600. The Morgan fingerprint density at radius 2 is 1.52 bits per heavy atom. The Kier molecular flexibility index (Phi) is 11.9. The summed E-state index contributed by atoms with van der Waals surface area (Å²) in [6.07, 6.45) is -8.48. The molecule has 0 unspecified atom stereocenters. The molecule has 0 aromatic carbocycles. The standard InChI is InChI=1S/C20H28O13/c1-6-8-27-19(24)32-15-14(31-17(23)11(3)29-12(4)22)13(10-21)30-18(26-5)16(15)33-20(25)28-9-7-2/h6-7,11,13-16,18,21H,1-2,8-10H2,3-5H3/t11-,13+,14+,15-,16-,18-/m0/s1. The Labute approximate surface area is 190 Å². The SMILES string of the molecule is C=CCOC(=O)O[C@@H]1[C@H](OC(=O)OCC=C)[C@@H](OC)O[C@H](CO)[C@H]1OC(=O)[C@H](C)OC(C)=O. The maximum atomic E-state index is 12.4. The zero-order valence-electron chi connectivity index (χ0n) is 18.5. The van der Waals surface area contributed by atoms with E-state index >= 15 is 0 Å².